The Morgan fingerprint density at radius 3 is 2.51 bits per heavy atom. The number of hydrogen-bond donors (Lipinski definition) is 0. The Bertz CT molecular complexity index is 1900. The third-order valence-corrected chi connectivity index (χ3v) is 7.21. The van der Waals surface area contributed by atoms with Crippen LogP contribution in [0.5, 0.6) is 5.75 Å². The van der Waals surface area contributed by atoms with Crippen molar-refractivity contribution in [1.29, 1.82) is 0 Å². The minimum atomic E-state index is -0.473. The van der Waals surface area contributed by atoms with Crippen molar-refractivity contribution in [3.8, 4) is 34.1 Å². The number of aromatic nitrogens is 5. The monoisotopic (exact) mass is 557 g/mol. The van der Waals surface area contributed by atoms with Crippen LogP contribution in [-0.2, 0) is 0 Å². The second kappa shape index (κ2) is 10.4. The van der Waals surface area contributed by atoms with Crippen LogP contribution < -0.4 is 14.8 Å². The Kier molecular flexibility index (Phi) is 6.68. The molecule has 0 bridgehead atoms. The molecule has 39 heavy (non-hydrogen) atoms. The summed E-state index contributed by atoms with van der Waals surface area (Å²) in [4.78, 5) is 18.3. The SMILES string of the molecule is CCCOc1ccc(-c2nn(-c3ccccc3)cc2/C=c2\sc3nc(-c4ccc(Cl)cc4)nn3c2=O)cc1F. The number of nitrogens with zero attached hydrogens (tertiary/aromatic N) is 5. The highest BCUT2D eigenvalue weighted by molar-refractivity contribution is 7.15. The number of para-hydroxylation sites is 1. The molecule has 0 aliphatic carbocycles. The highest BCUT2D eigenvalue weighted by Gasteiger charge is 2.16. The van der Waals surface area contributed by atoms with E-state index in [2.05, 4.69) is 10.1 Å². The van der Waals surface area contributed by atoms with Crippen molar-refractivity contribution in [2.45, 2.75) is 13.3 Å². The van der Waals surface area contributed by atoms with Crippen LogP contribution in [0.4, 0.5) is 4.39 Å². The van der Waals surface area contributed by atoms with Crippen LogP contribution in [0, 0.1) is 5.82 Å². The predicted molar refractivity (Wildman–Crippen MR) is 151 cm³/mol. The number of fused-ring (bicyclic) bond motifs is 1. The summed E-state index contributed by atoms with van der Waals surface area (Å²) in [6.07, 6.45) is 4.34. The fourth-order valence-electron chi connectivity index (χ4n) is 4.10. The van der Waals surface area contributed by atoms with Gasteiger partial charge in [0.2, 0.25) is 4.96 Å². The largest absolute Gasteiger partial charge is 0.491 e. The van der Waals surface area contributed by atoms with Crippen molar-refractivity contribution < 1.29 is 9.13 Å². The zero-order valence-electron chi connectivity index (χ0n) is 20.7. The van der Waals surface area contributed by atoms with Gasteiger partial charge in [0.1, 0.15) is 5.69 Å². The van der Waals surface area contributed by atoms with E-state index in [4.69, 9.17) is 21.4 Å². The normalized spacial score (nSPS) is 11.9. The molecular formula is C29H21ClFN5O2S. The summed E-state index contributed by atoms with van der Waals surface area (Å²) in [5, 5.41) is 9.76. The Morgan fingerprint density at radius 2 is 1.79 bits per heavy atom. The van der Waals surface area contributed by atoms with Crippen LogP contribution in [0.1, 0.15) is 18.9 Å². The maximum absolute atomic E-state index is 14.9. The lowest BCUT2D eigenvalue weighted by atomic mass is 10.1. The zero-order valence-corrected chi connectivity index (χ0v) is 22.3. The Balaban J connectivity index is 1.45. The van der Waals surface area contributed by atoms with Gasteiger partial charge in [0.05, 0.1) is 16.8 Å². The smallest absolute Gasteiger partial charge is 0.291 e. The number of thiazole rings is 1. The van der Waals surface area contributed by atoms with E-state index in [1.807, 2.05) is 43.5 Å². The summed E-state index contributed by atoms with van der Waals surface area (Å²) in [7, 11) is 0. The molecule has 0 saturated heterocycles. The van der Waals surface area contributed by atoms with E-state index in [1.165, 1.54) is 21.9 Å². The Hall–Kier alpha value is -4.34. The average molecular weight is 558 g/mol. The van der Waals surface area contributed by atoms with Crippen LogP contribution >= 0.6 is 22.9 Å². The molecule has 10 heteroatoms. The highest BCUT2D eigenvalue weighted by Crippen LogP contribution is 2.29. The topological polar surface area (TPSA) is 74.3 Å². The maximum atomic E-state index is 14.9. The van der Waals surface area contributed by atoms with Crippen molar-refractivity contribution in [3.05, 3.63) is 110 Å². The maximum Gasteiger partial charge on any atom is 0.291 e. The van der Waals surface area contributed by atoms with E-state index in [9.17, 15) is 9.18 Å². The van der Waals surface area contributed by atoms with E-state index < -0.39 is 5.82 Å². The summed E-state index contributed by atoms with van der Waals surface area (Å²) in [6, 6.07) is 21.5. The van der Waals surface area contributed by atoms with E-state index in [0.29, 0.717) is 43.8 Å². The molecule has 0 amide bonds. The molecule has 0 fully saturated rings. The van der Waals surface area contributed by atoms with E-state index in [-0.39, 0.29) is 11.3 Å². The molecule has 7 nitrogen and oxygen atoms in total. The second-order valence-corrected chi connectivity index (χ2v) is 10.2. The standard InChI is InChI=1S/C29H21ClFN5O2S/c1-2-14-38-24-13-10-19(15-23(24)31)26-20(17-35(33-26)22-6-4-3-5-7-22)16-25-28(37)36-29(39-25)32-27(34-36)18-8-11-21(30)12-9-18/h3-13,15-17H,2,14H2,1H3/b25-16-. The predicted octanol–water partition coefficient (Wildman–Crippen LogP) is 5.80. The van der Waals surface area contributed by atoms with Gasteiger partial charge >= 0.3 is 0 Å². The molecule has 0 radical (unpaired) electrons. The summed E-state index contributed by atoms with van der Waals surface area (Å²) in [5.74, 6) is 0.164. The van der Waals surface area contributed by atoms with Crippen LogP contribution in [0.2, 0.25) is 5.02 Å². The second-order valence-electron chi connectivity index (χ2n) is 8.76. The van der Waals surface area contributed by atoms with Gasteiger partial charge < -0.3 is 4.74 Å². The first kappa shape index (κ1) is 25.0. The van der Waals surface area contributed by atoms with Gasteiger partial charge in [-0.15, -0.1) is 5.10 Å². The van der Waals surface area contributed by atoms with Crippen LogP contribution in [0.15, 0.2) is 83.8 Å². The molecule has 0 unspecified atom stereocenters. The third-order valence-electron chi connectivity index (χ3n) is 6.00. The fraction of sp³-hybridized carbons (Fsp3) is 0.103. The average Bonchev–Trinajstić information content (AvgIpc) is 3.64. The molecular weight excluding hydrogens is 537 g/mol. The van der Waals surface area contributed by atoms with Gasteiger partial charge in [-0.05, 0) is 67.1 Å². The summed E-state index contributed by atoms with van der Waals surface area (Å²) in [6.45, 7) is 2.39. The van der Waals surface area contributed by atoms with Crippen molar-refractivity contribution in [2.75, 3.05) is 6.61 Å². The van der Waals surface area contributed by atoms with Crippen molar-refractivity contribution in [2.24, 2.45) is 0 Å². The lowest BCUT2D eigenvalue weighted by Gasteiger charge is -2.07. The Labute approximate surface area is 231 Å². The molecule has 3 aromatic heterocycles. The quantitative estimate of drug-likeness (QED) is 0.248. The number of benzene rings is 3. The van der Waals surface area contributed by atoms with Gasteiger partial charge in [-0.1, -0.05) is 48.1 Å². The van der Waals surface area contributed by atoms with E-state index in [0.717, 1.165) is 17.7 Å². The first-order valence-corrected chi connectivity index (χ1v) is 13.4. The molecule has 3 aromatic carbocycles. The summed E-state index contributed by atoms with van der Waals surface area (Å²) >= 11 is 7.21. The molecule has 0 aliphatic rings. The minimum absolute atomic E-state index is 0.192. The zero-order chi connectivity index (χ0) is 26.9. The highest BCUT2D eigenvalue weighted by atomic mass is 35.5. The summed E-state index contributed by atoms with van der Waals surface area (Å²) in [5.41, 5.74) is 3.05. The molecule has 0 saturated carbocycles. The first-order chi connectivity index (χ1) is 19.0. The third kappa shape index (κ3) is 4.94. The van der Waals surface area contributed by atoms with Gasteiger partial charge in [-0.25, -0.2) is 9.07 Å². The van der Waals surface area contributed by atoms with Crippen LogP contribution in [0.25, 0.3) is 39.4 Å². The molecule has 6 rings (SSSR count). The van der Waals surface area contributed by atoms with Gasteiger partial charge in [-0.2, -0.15) is 14.6 Å². The van der Waals surface area contributed by atoms with Crippen molar-refractivity contribution in [3.63, 3.8) is 0 Å². The lowest BCUT2D eigenvalue weighted by molar-refractivity contribution is 0.301. The van der Waals surface area contributed by atoms with E-state index >= 15 is 0 Å². The first-order valence-electron chi connectivity index (χ1n) is 12.2. The molecule has 0 aliphatic heterocycles. The molecule has 0 atom stereocenters. The van der Waals surface area contributed by atoms with Crippen LogP contribution in [-0.4, -0.2) is 31.0 Å². The van der Waals surface area contributed by atoms with Crippen LogP contribution in [0.3, 0.4) is 0 Å². The number of halogens is 2. The van der Waals surface area contributed by atoms with E-state index in [1.54, 1.807) is 47.2 Å². The number of hydrogen-bond acceptors (Lipinski definition) is 6. The summed E-state index contributed by atoms with van der Waals surface area (Å²) < 4.78 is 23.8. The minimum Gasteiger partial charge on any atom is -0.491 e. The molecule has 0 spiro atoms. The molecule has 6 aromatic rings. The Morgan fingerprint density at radius 1 is 1.03 bits per heavy atom. The molecule has 0 N–H and O–H groups in total. The van der Waals surface area contributed by atoms with Gasteiger partial charge in [-0.3, -0.25) is 4.79 Å². The number of rotatable bonds is 7. The van der Waals surface area contributed by atoms with Crippen molar-refractivity contribution >= 4 is 34.0 Å². The van der Waals surface area contributed by atoms with Crippen molar-refractivity contribution in [1.82, 2.24) is 24.4 Å². The molecule has 194 valence electrons. The van der Waals surface area contributed by atoms with Gasteiger partial charge in [0, 0.05) is 27.9 Å². The number of ether oxygens (including phenoxy) is 1. The fourth-order valence-corrected chi connectivity index (χ4v) is 5.13. The lowest BCUT2D eigenvalue weighted by Crippen LogP contribution is -2.23. The molecule has 3 heterocycles. The van der Waals surface area contributed by atoms with Gasteiger partial charge in [0.15, 0.2) is 17.4 Å². The van der Waals surface area contributed by atoms with Gasteiger partial charge in [0.25, 0.3) is 5.56 Å².